The Labute approximate surface area is 164 Å². The van der Waals surface area contributed by atoms with Gasteiger partial charge >= 0.3 is 0 Å². The molecule has 1 saturated heterocycles. The van der Waals surface area contributed by atoms with Gasteiger partial charge in [-0.2, -0.15) is 0 Å². The van der Waals surface area contributed by atoms with Gasteiger partial charge in [0.1, 0.15) is 12.4 Å². The van der Waals surface area contributed by atoms with Crippen LogP contribution in [0, 0.1) is 5.92 Å². The number of sulfone groups is 1. The summed E-state index contributed by atoms with van der Waals surface area (Å²) in [6, 6.07) is 17.5. The SMILES string of the molecule is O=C(Cn1c(CC2CCS(=O)(=O)C2)nc2ccccc21)NCc1ccccc1. The summed E-state index contributed by atoms with van der Waals surface area (Å²) in [4.78, 5) is 17.2. The smallest absolute Gasteiger partial charge is 0.240 e. The van der Waals surface area contributed by atoms with Gasteiger partial charge in [0.15, 0.2) is 9.84 Å². The Morgan fingerprint density at radius 3 is 2.61 bits per heavy atom. The molecule has 0 saturated carbocycles. The summed E-state index contributed by atoms with van der Waals surface area (Å²) in [6.07, 6.45) is 1.23. The molecule has 2 aromatic carbocycles. The van der Waals surface area contributed by atoms with Gasteiger partial charge < -0.3 is 9.88 Å². The molecule has 2 heterocycles. The maximum Gasteiger partial charge on any atom is 0.240 e. The monoisotopic (exact) mass is 397 g/mol. The number of carbonyl (C=O) groups excluding carboxylic acids is 1. The van der Waals surface area contributed by atoms with Gasteiger partial charge in [-0.05, 0) is 30.0 Å². The van der Waals surface area contributed by atoms with Gasteiger partial charge in [0.05, 0.1) is 22.5 Å². The summed E-state index contributed by atoms with van der Waals surface area (Å²) < 4.78 is 25.5. The van der Waals surface area contributed by atoms with Crippen LogP contribution in [0.5, 0.6) is 0 Å². The average molecular weight is 398 g/mol. The highest BCUT2D eigenvalue weighted by Gasteiger charge is 2.29. The summed E-state index contributed by atoms with van der Waals surface area (Å²) in [5.74, 6) is 1.20. The van der Waals surface area contributed by atoms with Crippen LogP contribution in [-0.2, 0) is 34.1 Å². The third kappa shape index (κ3) is 4.25. The van der Waals surface area contributed by atoms with E-state index in [-0.39, 0.29) is 29.9 Å². The Balaban J connectivity index is 1.52. The van der Waals surface area contributed by atoms with Gasteiger partial charge in [-0.25, -0.2) is 13.4 Å². The lowest BCUT2D eigenvalue weighted by molar-refractivity contribution is -0.121. The van der Waals surface area contributed by atoms with E-state index in [1.54, 1.807) is 0 Å². The van der Waals surface area contributed by atoms with Crippen molar-refractivity contribution < 1.29 is 13.2 Å². The molecule has 0 radical (unpaired) electrons. The predicted molar refractivity (Wildman–Crippen MR) is 108 cm³/mol. The molecule has 0 bridgehead atoms. The van der Waals surface area contributed by atoms with Crippen molar-refractivity contribution in [1.82, 2.24) is 14.9 Å². The van der Waals surface area contributed by atoms with Crippen LogP contribution in [-0.4, -0.2) is 35.4 Å². The molecule has 1 aliphatic rings. The molecule has 28 heavy (non-hydrogen) atoms. The lowest BCUT2D eigenvalue weighted by atomic mass is 10.1. The first-order chi connectivity index (χ1) is 13.5. The zero-order valence-corrected chi connectivity index (χ0v) is 16.4. The predicted octanol–water partition coefficient (Wildman–Crippen LogP) is 2.33. The van der Waals surface area contributed by atoms with E-state index < -0.39 is 9.84 Å². The van der Waals surface area contributed by atoms with E-state index in [1.807, 2.05) is 59.2 Å². The van der Waals surface area contributed by atoms with Gasteiger partial charge in [-0.15, -0.1) is 0 Å². The Bertz CT molecular complexity index is 1090. The van der Waals surface area contributed by atoms with Crippen LogP contribution in [0.25, 0.3) is 11.0 Å². The van der Waals surface area contributed by atoms with E-state index in [9.17, 15) is 13.2 Å². The number of benzene rings is 2. The topological polar surface area (TPSA) is 81.1 Å². The van der Waals surface area contributed by atoms with E-state index in [4.69, 9.17) is 0 Å². The van der Waals surface area contributed by atoms with Crippen molar-refractivity contribution in [3.8, 4) is 0 Å². The van der Waals surface area contributed by atoms with Crippen LogP contribution < -0.4 is 5.32 Å². The second-order valence-corrected chi connectivity index (χ2v) is 9.57. The first kappa shape index (κ1) is 18.7. The number of nitrogens with zero attached hydrogens (tertiary/aromatic N) is 2. The Kier molecular flexibility index (Phi) is 5.17. The fourth-order valence-corrected chi connectivity index (χ4v) is 5.61. The fourth-order valence-electron chi connectivity index (χ4n) is 3.74. The number of imidazole rings is 1. The highest BCUT2D eigenvalue weighted by Crippen LogP contribution is 2.24. The normalized spacial score (nSPS) is 18.4. The van der Waals surface area contributed by atoms with E-state index in [2.05, 4.69) is 10.3 Å². The lowest BCUT2D eigenvalue weighted by Crippen LogP contribution is -2.28. The largest absolute Gasteiger partial charge is 0.350 e. The van der Waals surface area contributed by atoms with Crippen molar-refractivity contribution in [2.24, 2.45) is 5.92 Å². The Hall–Kier alpha value is -2.67. The number of amides is 1. The van der Waals surface area contributed by atoms with Gasteiger partial charge in [0, 0.05) is 13.0 Å². The minimum atomic E-state index is -2.94. The van der Waals surface area contributed by atoms with E-state index in [1.165, 1.54) is 0 Å². The molecule has 6 nitrogen and oxygen atoms in total. The van der Waals surface area contributed by atoms with Crippen LogP contribution in [0.3, 0.4) is 0 Å². The van der Waals surface area contributed by atoms with Crippen LogP contribution in [0.15, 0.2) is 54.6 Å². The average Bonchev–Trinajstić information content (AvgIpc) is 3.20. The summed E-state index contributed by atoms with van der Waals surface area (Å²) >= 11 is 0. The molecular formula is C21H23N3O3S. The van der Waals surface area contributed by atoms with E-state index in [0.29, 0.717) is 19.4 Å². The van der Waals surface area contributed by atoms with Gasteiger partial charge in [0.2, 0.25) is 5.91 Å². The summed E-state index contributed by atoms with van der Waals surface area (Å²) in [5.41, 5.74) is 2.77. The number of nitrogens with one attached hydrogen (secondary N) is 1. The maximum atomic E-state index is 12.6. The summed E-state index contributed by atoms with van der Waals surface area (Å²) in [6.45, 7) is 0.644. The van der Waals surface area contributed by atoms with Crippen molar-refractivity contribution in [3.05, 3.63) is 66.0 Å². The van der Waals surface area contributed by atoms with Crippen LogP contribution in [0.2, 0.25) is 0 Å². The summed E-state index contributed by atoms with van der Waals surface area (Å²) in [7, 11) is -2.94. The molecule has 1 unspecified atom stereocenters. The van der Waals surface area contributed by atoms with Crippen molar-refractivity contribution >= 4 is 26.8 Å². The fraction of sp³-hybridized carbons (Fsp3) is 0.333. The molecular weight excluding hydrogens is 374 g/mol. The van der Waals surface area contributed by atoms with Gasteiger partial charge in [0.25, 0.3) is 0 Å². The number of hydrogen-bond donors (Lipinski definition) is 1. The molecule has 1 aromatic heterocycles. The number of rotatable bonds is 6. The third-order valence-electron chi connectivity index (χ3n) is 5.17. The summed E-state index contributed by atoms with van der Waals surface area (Å²) in [5, 5.41) is 2.95. The number of hydrogen-bond acceptors (Lipinski definition) is 4. The van der Waals surface area contributed by atoms with E-state index >= 15 is 0 Å². The standard InChI is InChI=1S/C21H23N3O3S/c25-21(22-13-16-6-2-1-3-7-16)14-24-19-9-5-4-8-18(19)23-20(24)12-17-10-11-28(26,27)15-17/h1-9,17H,10-15H2,(H,22,25). The molecule has 1 fully saturated rings. The molecule has 1 N–H and O–H groups in total. The van der Waals surface area contributed by atoms with Crippen molar-refractivity contribution in [2.75, 3.05) is 11.5 Å². The molecule has 0 spiro atoms. The second kappa shape index (κ2) is 7.75. The third-order valence-corrected chi connectivity index (χ3v) is 7.00. The zero-order chi connectivity index (χ0) is 19.6. The van der Waals surface area contributed by atoms with Crippen LogP contribution in [0.4, 0.5) is 0 Å². The first-order valence-corrected chi connectivity index (χ1v) is 11.3. The minimum Gasteiger partial charge on any atom is -0.350 e. The van der Waals surface area contributed by atoms with Crippen LogP contribution >= 0.6 is 0 Å². The molecule has 1 aliphatic heterocycles. The number of fused-ring (bicyclic) bond motifs is 1. The minimum absolute atomic E-state index is 0.0629. The highest BCUT2D eigenvalue weighted by atomic mass is 32.2. The molecule has 0 aliphatic carbocycles. The molecule has 3 aromatic rings. The number of para-hydroxylation sites is 2. The molecule has 1 amide bonds. The van der Waals surface area contributed by atoms with Crippen molar-refractivity contribution in [1.29, 1.82) is 0 Å². The van der Waals surface area contributed by atoms with E-state index in [0.717, 1.165) is 22.4 Å². The van der Waals surface area contributed by atoms with Crippen molar-refractivity contribution in [2.45, 2.75) is 25.9 Å². The highest BCUT2D eigenvalue weighted by molar-refractivity contribution is 7.91. The zero-order valence-electron chi connectivity index (χ0n) is 15.5. The molecule has 4 rings (SSSR count). The maximum absolute atomic E-state index is 12.6. The molecule has 7 heteroatoms. The molecule has 146 valence electrons. The Morgan fingerprint density at radius 2 is 1.86 bits per heavy atom. The van der Waals surface area contributed by atoms with Crippen molar-refractivity contribution in [3.63, 3.8) is 0 Å². The Morgan fingerprint density at radius 1 is 1.11 bits per heavy atom. The van der Waals surface area contributed by atoms with Gasteiger partial charge in [-0.1, -0.05) is 42.5 Å². The van der Waals surface area contributed by atoms with Crippen LogP contribution in [0.1, 0.15) is 17.8 Å². The number of aromatic nitrogens is 2. The molecule has 1 atom stereocenters. The first-order valence-electron chi connectivity index (χ1n) is 9.45. The lowest BCUT2D eigenvalue weighted by Gasteiger charge is -2.12. The number of carbonyl (C=O) groups is 1. The second-order valence-electron chi connectivity index (χ2n) is 7.34. The quantitative estimate of drug-likeness (QED) is 0.692. The van der Waals surface area contributed by atoms with Gasteiger partial charge in [-0.3, -0.25) is 4.79 Å².